The maximum atomic E-state index is 11.3. The molecule has 0 radical (unpaired) electrons. The number of carboxylic acid groups (broad SMARTS) is 1. The molecule has 1 aliphatic heterocycles. The third-order valence-electron chi connectivity index (χ3n) is 3.16. The SMILES string of the molecule is CC(=O)OCC(CC(=O)O)[C@H]1OC[C@H](OC(C)=O)[C@@H]1OC(C)=O. The Balaban J connectivity index is 2.91. The summed E-state index contributed by atoms with van der Waals surface area (Å²) in [5.41, 5.74) is 0. The monoisotopic (exact) mass is 332 g/mol. The van der Waals surface area contributed by atoms with Crippen molar-refractivity contribution in [2.24, 2.45) is 5.92 Å². The van der Waals surface area contributed by atoms with Gasteiger partial charge in [0, 0.05) is 26.7 Å². The van der Waals surface area contributed by atoms with Gasteiger partial charge in [0.1, 0.15) is 6.10 Å². The van der Waals surface area contributed by atoms with Crippen LogP contribution < -0.4 is 0 Å². The van der Waals surface area contributed by atoms with Gasteiger partial charge in [-0.15, -0.1) is 0 Å². The highest BCUT2D eigenvalue weighted by Gasteiger charge is 2.46. The van der Waals surface area contributed by atoms with Gasteiger partial charge in [0.25, 0.3) is 0 Å². The minimum absolute atomic E-state index is 0.0433. The van der Waals surface area contributed by atoms with Crippen LogP contribution in [-0.2, 0) is 38.1 Å². The first-order valence-corrected chi connectivity index (χ1v) is 7.02. The Morgan fingerprint density at radius 3 is 2.17 bits per heavy atom. The average Bonchev–Trinajstić information content (AvgIpc) is 2.75. The molecule has 0 amide bonds. The lowest BCUT2D eigenvalue weighted by Crippen LogP contribution is -2.42. The Kier molecular flexibility index (Phi) is 6.95. The van der Waals surface area contributed by atoms with E-state index in [9.17, 15) is 19.2 Å². The van der Waals surface area contributed by atoms with Crippen LogP contribution in [0.15, 0.2) is 0 Å². The van der Waals surface area contributed by atoms with Crippen LogP contribution in [0.2, 0.25) is 0 Å². The standard InChI is InChI=1S/C14H20O9/c1-7(15)20-5-10(4-12(18)19)13-14(23-9(3)17)11(6-21-13)22-8(2)16/h10-11,13-14H,4-6H2,1-3H3,(H,18,19)/t10?,11-,13+,14-/m0/s1. The molecule has 1 N–H and O–H groups in total. The third-order valence-corrected chi connectivity index (χ3v) is 3.16. The van der Waals surface area contributed by atoms with Gasteiger partial charge in [0.2, 0.25) is 0 Å². The fourth-order valence-corrected chi connectivity index (χ4v) is 2.38. The molecule has 0 aromatic heterocycles. The summed E-state index contributed by atoms with van der Waals surface area (Å²) in [6, 6.07) is 0. The number of hydrogen-bond donors (Lipinski definition) is 1. The van der Waals surface area contributed by atoms with Crippen LogP contribution >= 0.6 is 0 Å². The maximum Gasteiger partial charge on any atom is 0.303 e. The van der Waals surface area contributed by atoms with E-state index in [1.54, 1.807) is 0 Å². The van der Waals surface area contributed by atoms with E-state index in [4.69, 9.17) is 24.1 Å². The molecule has 23 heavy (non-hydrogen) atoms. The van der Waals surface area contributed by atoms with Crippen molar-refractivity contribution in [1.82, 2.24) is 0 Å². The molecule has 0 aromatic carbocycles. The highest BCUT2D eigenvalue weighted by Crippen LogP contribution is 2.29. The van der Waals surface area contributed by atoms with Gasteiger partial charge in [-0.1, -0.05) is 0 Å². The highest BCUT2D eigenvalue weighted by atomic mass is 16.6. The summed E-state index contributed by atoms with van der Waals surface area (Å²) < 4.78 is 20.5. The van der Waals surface area contributed by atoms with Gasteiger partial charge >= 0.3 is 23.9 Å². The van der Waals surface area contributed by atoms with Gasteiger partial charge in [-0.25, -0.2) is 0 Å². The van der Waals surface area contributed by atoms with E-state index in [2.05, 4.69) is 0 Å². The number of rotatable bonds is 7. The van der Waals surface area contributed by atoms with Crippen molar-refractivity contribution >= 4 is 23.9 Å². The fourth-order valence-electron chi connectivity index (χ4n) is 2.38. The molecule has 0 spiro atoms. The predicted molar refractivity (Wildman–Crippen MR) is 73.2 cm³/mol. The van der Waals surface area contributed by atoms with E-state index >= 15 is 0 Å². The van der Waals surface area contributed by atoms with Crippen molar-refractivity contribution in [2.75, 3.05) is 13.2 Å². The summed E-state index contributed by atoms with van der Waals surface area (Å²) in [6.07, 6.45) is -3.02. The first-order valence-electron chi connectivity index (χ1n) is 7.02. The summed E-state index contributed by atoms with van der Waals surface area (Å²) in [4.78, 5) is 44.3. The van der Waals surface area contributed by atoms with E-state index in [0.717, 1.165) is 0 Å². The first-order chi connectivity index (χ1) is 10.7. The van der Waals surface area contributed by atoms with Crippen LogP contribution in [0, 0.1) is 5.92 Å². The number of carbonyl (C=O) groups is 4. The first kappa shape index (κ1) is 18.9. The largest absolute Gasteiger partial charge is 0.481 e. The van der Waals surface area contributed by atoms with E-state index in [1.165, 1.54) is 20.8 Å². The van der Waals surface area contributed by atoms with Crippen molar-refractivity contribution in [3.05, 3.63) is 0 Å². The zero-order valence-corrected chi connectivity index (χ0v) is 13.1. The molecule has 9 nitrogen and oxygen atoms in total. The number of ether oxygens (including phenoxy) is 4. The summed E-state index contributed by atoms with van der Waals surface area (Å²) in [5.74, 6) is -3.64. The van der Waals surface area contributed by atoms with E-state index in [-0.39, 0.29) is 19.6 Å². The second kappa shape index (κ2) is 8.47. The Hall–Kier alpha value is -2.16. The Bertz CT molecular complexity index is 473. The molecule has 4 atom stereocenters. The topological polar surface area (TPSA) is 125 Å². The van der Waals surface area contributed by atoms with Crippen LogP contribution in [0.1, 0.15) is 27.2 Å². The van der Waals surface area contributed by atoms with Gasteiger partial charge < -0.3 is 24.1 Å². The van der Waals surface area contributed by atoms with Crippen LogP contribution in [0.5, 0.6) is 0 Å². The molecule has 1 rings (SSSR count). The Morgan fingerprint density at radius 1 is 1.09 bits per heavy atom. The summed E-state index contributed by atoms with van der Waals surface area (Å²) in [6.45, 7) is 3.32. The second-order valence-electron chi connectivity index (χ2n) is 5.18. The zero-order chi connectivity index (χ0) is 17.6. The van der Waals surface area contributed by atoms with Gasteiger partial charge in [-0.05, 0) is 0 Å². The molecule has 1 saturated heterocycles. The number of aliphatic carboxylic acids is 1. The third kappa shape index (κ3) is 6.23. The second-order valence-corrected chi connectivity index (χ2v) is 5.18. The zero-order valence-electron chi connectivity index (χ0n) is 13.1. The smallest absolute Gasteiger partial charge is 0.303 e. The molecule has 1 unspecified atom stereocenters. The molecule has 0 saturated carbocycles. The lowest BCUT2D eigenvalue weighted by Gasteiger charge is -2.27. The highest BCUT2D eigenvalue weighted by molar-refractivity contribution is 5.68. The minimum Gasteiger partial charge on any atom is -0.481 e. The quantitative estimate of drug-likeness (QED) is 0.502. The molecular formula is C14H20O9. The molecule has 9 heteroatoms. The maximum absolute atomic E-state index is 11.3. The molecule has 0 aliphatic carbocycles. The normalized spacial score (nSPS) is 24.6. The fraction of sp³-hybridized carbons (Fsp3) is 0.714. The van der Waals surface area contributed by atoms with Crippen molar-refractivity contribution in [3.8, 4) is 0 Å². The van der Waals surface area contributed by atoms with Crippen molar-refractivity contribution in [1.29, 1.82) is 0 Å². The molecule has 130 valence electrons. The average molecular weight is 332 g/mol. The van der Waals surface area contributed by atoms with Gasteiger partial charge in [0.05, 0.1) is 19.6 Å². The van der Waals surface area contributed by atoms with Crippen molar-refractivity contribution < 1.29 is 43.2 Å². The van der Waals surface area contributed by atoms with Gasteiger partial charge in [-0.2, -0.15) is 0 Å². The molecule has 1 aliphatic rings. The van der Waals surface area contributed by atoms with Gasteiger partial charge in [-0.3, -0.25) is 19.2 Å². The van der Waals surface area contributed by atoms with Crippen LogP contribution in [0.4, 0.5) is 0 Å². The summed E-state index contributed by atoms with van der Waals surface area (Å²) >= 11 is 0. The van der Waals surface area contributed by atoms with E-state index in [1.807, 2.05) is 0 Å². The number of carboxylic acids is 1. The lowest BCUT2D eigenvalue weighted by atomic mass is 9.94. The number of carbonyl (C=O) groups excluding carboxylic acids is 3. The van der Waals surface area contributed by atoms with Crippen LogP contribution in [-0.4, -0.2) is 60.5 Å². The van der Waals surface area contributed by atoms with Crippen LogP contribution in [0.3, 0.4) is 0 Å². The number of esters is 3. The molecule has 0 aromatic rings. The van der Waals surface area contributed by atoms with Crippen molar-refractivity contribution in [3.63, 3.8) is 0 Å². The summed E-state index contributed by atoms with van der Waals surface area (Å²) in [5, 5.41) is 9.00. The van der Waals surface area contributed by atoms with Crippen LogP contribution in [0.25, 0.3) is 0 Å². The predicted octanol–water partition coefficient (Wildman–Crippen LogP) is -0.0974. The molecule has 0 bridgehead atoms. The van der Waals surface area contributed by atoms with Gasteiger partial charge in [0.15, 0.2) is 12.2 Å². The summed E-state index contributed by atoms with van der Waals surface area (Å²) in [7, 11) is 0. The Morgan fingerprint density at radius 2 is 1.70 bits per heavy atom. The van der Waals surface area contributed by atoms with E-state index in [0.29, 0.717) is 0 Å². The molecule has 1 fully saturated rings. The van der Waals surface area contributed by atoms with Crippen molar-refractivity contribution in [2.45, 2.75) is 45.5 Å². The van der Waals surface area contributed by atoms with E-state index < -0.39 is 48.1 Å². The molecule has 1 heterocycles. The minimum atomic E-state index is -1.12. The molecular weight excluding hydrogens is 312 g/mol. The lowest BCUT2D eigenvalue weighted by molar-refractivity contribution is -0.166. The number of hydrogen-bond acceptors (Lipinski definition) is 8. The Labute approximate surface area is 132 Å².